The van der Waals surface area contributed by atoms with Crippen LogP contribution in [0.4, 0.5) is 0 Å². The first kappa shape index (κ1) is 19.6. The molecule has 0 aromatic heterocycles. The second-order valence-electron chi connectivity index (χ2n) is 12.1. The van der Waals surface area contributed by atoms with E-state index in [4.69, 9.17) is 4.74 Å². The van der Waals surface area contributed by atoms with Crippen molar-refractivity contribution in [3.05, 3.63) is 11.6 Å². The fourth-order valence-electron chi connectivity index (χ4n) is 8.48. The first-order valence-corrected chi connectivity index (χ1v) is 12.3. The van der Waals surface area contributed by atoms with Gasteiger partial charge in [-0.2, -0.15) is 0 Å². The van der Waals surface area contributed by atoms with Crippen molar-refractivity contribution in [2.45, 2.75) is 110 Å². The van der Waals surface area contributed by atoms with Gasteiger partial charge in [-0.1, -0.05) is 39.3 Å². The summed E-state index contributed by atoms with van der Waals surface area (Å²) >= 11 is 0. The summed E-state index contributed by atoms with van der Waals surface area (Å²) in [6.07, 6.45) is 16.4. The molecule has 0 amide bonds. The van der Waals surface area contributed by atoms with Crippen LogP contribution in [-0.4, -0.2) is 23.4 Å². The normalized spacial score (nSPS) is 52.6. The Balaban J connectivity index is 1.30. The molecule has 2 nitrogen and oxygen atoms in total. The van der Waals surface area contributed by atoms with E-state index in [0.717, 1.165) is 42.4 Å². The van der Waals surface area contributed by atoms with E-state index >= 15 is 0 Å². The monoisotopic (exact) mass is 386 g/mol. The Kier molecular flexibility index (Phi) is 4.79. The largest absolute Gasteiger partial charge is 0.393 e. The third-order valence-electron chi connectivity index (χ3n) is 10.2. The number of hydrogen-bond acceptors (Lipinski definition) is 2. The number of ether oxygens (including phenoxy) is 1. The molecule has 1 N–H and O–H groups in total. The Bertz CT molecular complexity index is 638. The van der Waals surface area contributed by atoms with Crippen LogP contribution < -0.4 is 0 Å². The number of allylic oxidation sites excluding steroid dienone is 1. The molecule has 9 unspecified atom stereocenters. The number of hydrogen-bond donors (Lipinski definition) is 1. The van der Waals surface area contributed by atoms with Gasteiger partial charge in [-0.15, -0.1) is 0 Å². The van der Waals surface area contributed by atoms with E-state index in [9.17, 15) is 5.11 Å². The summed E-state index contributed by atoms with van der Waals surface area (Å²) in [7, 11) is 0. The minimum atomic E-state index is -0.0853. The zero-order valence-corrected chi connectivity index (χ0v) is 18.6. The fourth-order valence-corrected chi connectivity index (χ4v) is 8.48. The second kappa shape index (κ2) is 6.84. The first-order valence-electron chi connectivity index (χ1n) is 12.3. The van der Waals surface area contributed by atoms with Gasteiger partial charge in [-0.05, 0) is 105 Å². The Morgan fingerprint density at radius 1 is 1.07 bits per heavy atom. The topological polar surface area (TPSA) is 32.8 Å². The summed E-state index contributed by atoms with van der Waals surface area (Å²) < 4.78 is 6.08. The molecule has 0 aromatic rings. The molecule has 1 heterocycles. The molecule has 2 heteroatoms. The van der Waals surface area contributed by atoms with Crippen molar-refractivity contribution in [3.8, 4) is 0 Å². The zero-order valence-electron chi connectivity index (χ0n) is 18.6. The molecule has 4 fully saturated rings. The molecule has 9 atom stereocenters. The lowest BCUT2D eigenvalue weighted by molar-refractivity contribution is -0.0513. The second-order valence-corrected chi connectivity index (χ2v) is 12.1. The first-order chi connectivity index (χ1) is 13.3. The number of aliphatic hydroxyl groups excluding tert-OH is 1. The zero-order chi connectivity index (χ0) is 19.7. The van der Waals surface area contributed by atoms with Crippen molar-refractivity contribution >= 4 is 0 Å². The van der Waals surface area contributed by atoms with Gasteiger partial charge in [0.05, 0.1) is 18.3 Å². The van der Waals surface area contributed by atoms with Crippen LogP contribution in [0.2, 0.25) is 0 Å². The average Bonchev–Trinajstić information content (AvgIpc) is 3.26. The van der Waals surface area contributed by atoms with Crippen LogP contribution in [0.1, 0.15) is 91.9 Å². The van der Waals surface area contributed by atoms with Crippen molar-refractivity contribution in [3.63, 3.8) is 0 Å². The summed E-state index contributed by atoms with van der Waals surface area (Å²) in [6, 6.07) is 0. The summed E-state index contributed by atoms with van der Waals surface area (Å²) in [5.41, 5.74) is 2.53. The summed E-state index contributed by atoms with van der Waals surface area (Å²) in [5.74, 6) is 4.31. The minimum Gasteiger partial charge on any atom is -0.393 e. The van der Waals surface area contributed by atoms with Crippen molar-refractivity contribution in [1.29, 1.82) is 0 Å². The van der Waals surface area contributed by atoms with E-state index in [0.29, 0.717) is 23.0 Å². The van der Waals surface area contributed by atoms with Crippen LogP contribution in [0.3, 0.4) is 0 Å². The molecule has 3 saturated carbocycles. The van der Waals surface area contributed by atoms with E-state index in [2.05, 4.69) is 33.8 Å². The van der Waals surface area contributed by atoms with Gasteiger partial charge in [0.25, 0.3) is 0 Å². The Morgan fingerprint density at radius 2 is 1.89 bits per heavy atom. The quantitative estimate of drug-likeness (QED) is 0.465. The molecule has 0 bridgehead atoms. The Morgan fingerprint density at radius 3 is 2.68 bits per heavy atom. The van der Waals surface area contributed by atoms with Gasteiger partial charge in [-0.3, -0.25) is 0 Å². The lowest BCUT2D eigenvalue weighted by atomic mass is 9.47. The molecule has 158 valence electrons. The average molecular weight is 387 g/mol. The third kappa shape index (κ3) is 3.04. The molecule has 28 heavy (non-hydrogen) atoms. The van der Waals surface area contributed by atoms with E-state index in [1.54, 1.807) is 5.57 Å². The summed E-state index contributed by atoms with van der Waals surface area (Å²) in [5, 5.41) is 10.2. The molecule has 4 aliphatic carbocycles. The molecule has 5 rings (SSSR count). The Labute approximate surface area is 172 Å². The molecule has 5 aliphatic rings. The number of epoxide rings is 1. The fraction of sp³-hybridized carbons (Fsp3) is 0.923. The van der Waals surface area contributed by atoms with Gasteiger partial charge in [0.2, 0.25) is 0 Å². The molecular weight excluding hydrogens is 344 g/mol. The summed E-state index contributed by atoms with van der Waals surface area (Å²) in [4.78, 5) is 0. The molecular formula is C26H42O2. The standard InChI is InChI=1S/C26H42O2/c1-16(2)13-23-24(28-23)15-18-6-8-21-20-7-5-17-14-19(27)9-11-25(17,3)22(20)10-12-26(18,21)4/h5,16,18-24,27H,6-15H2,1-4H3. The van der Waals surface area contributed by atoms with E-state index in [1.165, 1.54) is 51.4 Å². The van der Waals surface area contributed by atoms with Crippen molar-refractivity contribution < 1.29 is 9.84 Å². The predicted octanol–water partition coefficient (Wildman–Crippen LogP) is 6.13. The van der Waals surface area contributed by atoms with Crippen LogP contribution in [0.15, 0.2) is 11.6 Å². The van der Waals surface area contributed by atoms with E-state index in [-0.39, 0.29) is 6.10 Å². The molecule has 0 radical (unpaired) electrons. The maximum atomic E-state index is 10.2. The van der Waals surface area contributed by atoms with Crippen LogP contribution >= 0.6 is 0 Å². The maximum absolute atomic E-state index is 10.2. The summed E-state index contributed by atoms with van der Waals surface area (Å²) in [6.45, 7) is 9.84. The highest BCUT2D eigenvalue weighted by Crippen LogP contribution is 2.67. The van der Waals surface area contributed by atoms with Gasteiger partial charge < -0.3 is 9.84 Å². The highest BCUT2D eigenvalue weighted by atomic mass is 16.6. The van der Waals surface area contributed by atoms with Crippen molar-refractivity contribution in [1.82, 2.24) is 0 Å². The van der Waals surface area contributed by atoms with E-state index < -0.39 is 0 Å². The maximum Gasteiger partial charge on any atom is 0.0844 e. The van der Waals surface area contributed by atoms with Gasteiger partial charge in [0.1, 0.15) is 0 Å². The molecule has 0 spiro atoms. The predicted molar refractivity (Wildman–Crippen MR) is 114 cm³/mol. The van der Waals surface area contributed by atoms with Gasteiger partial charge in [-0.25, -0.2) is 0 Å². The SMILES string of the molecule is CC(C)CC1OC1CC1CCC2C3CC=C4CC(O)CCC4(C)C3CCC12C. The number of aliphatic hydroxyl groups is 1. The van der Waals surface area contributed by atoms with Gasteiger partial charge >= 0.3 is 0 Å². The van der Waals surface area contributed by atoms with Crippen molar-refractivity contribution in [2.24, 2.45) is 40.4 Å². The van der Waals surface area contributed by atoms with Gasteiger partial charge in [0, 0.05) is 0 Å². The third-order valence-corrected chi connectivity index (χ3v) is 10.2. The number of fused-ring (bicyclic) bond motifs is 5. The Hall–Kier alpha value is -0.340. The van der Waals surface area contributed by atoms with Crippen LogP contribution in [-0.2, 0) is 4.74 Å². The highest BCUT2D eigenvalue weighted by Gasteiger charge is 2.59. The number of rotatable bonds is 4. The highest BCUT2D eigenvalue weighted by molar-refractivity contribution is 5.25. The molecule has 1 aliphatic heterocycles. The molecule has 1 saturated heterocycles. The van der Waals surface area contributed by atoms with Crippen LogP contribution in [0.5, 0.6) is 0 Å². The molecule has 0 aromatic carbocycles. The lowest BCUT2D eigenvalue weighted by Crippen LogP contribution is -2.50. The minimum absolute atomic E-state index is 0.0853. The van der Waals surface area contributed by atoms with Crippen LogP contribution in [0, 0.1) is 40.4 Å². The van der Waals surface area contributed by atoms with Crippen LogP contribution in [0.25, 0.3) is 0 Å². The van der Waals surface area contributed by atoms with E-state index in [1.807, 2.05) is 0 Å². The van der Waals surface area contributed by atoms with Gasteiger partial charge in [0.15, 0.2) is 0 Å². The smallest absolute Gasteiger partial charge is 0.0844 e. The lowest BCUT2D eigenvalue weighted by Gasteiger charge is -2.58. The van der Waals surface area contributed by atoms with Crippen molar-refractivity contribution in [2.75, 3.05) is 0 Å².